The minimum absolute atomic E-state index is 0.218. The molecule has 1 aromatic heterocycles. The summed E-state index contributed by atoms with van der Waals surface area (Å²) in [5, 5.41) is 0. The van der Waals surface area contributed by atoms with Gasteiger partial charge >= 0.3 is 0 Å². The van der Waals surface area contributed by atoms with Gasteiger partial charge in [0, 0.05) is 11.1 Å². The molecule has 4 nitrogen and oxygen atoms in total. The molecule has 0 aliphatic heterocycles. The summed E-state index contributed by atoms with van der Waals surface area (Å²) in [6.45, 7) is 0. The molecule has 1 heterocycles. The average Bonchev–Trinajstić information content (AvgIpc) is 2.62. The zero-order valence-corrected chi connectivity index (χ0v) is 11.6. The second-order valence-electron chi connectivity index (χ2n) is 4.66. The molecule has 0 unspecified atom stereocenters. The van der Waals surface area contributed by atoms with E-state index in [0.29, 0.717) is 24.0 Å². The van der Waals surface area contributed by atoms with Crippen molar-refractivity contribution in [1.29, 1.82) is 0 Å². The normalized spacial score (nSPS) is 10.2. The third-order valence-electron chi connectivity index (χ3n) is 3.27. The Labute approximate surface area is 127 Å². The Bertz CT molecular complexity index is 744. The number of hydrogen-bond acceptors (Lipinski definition) is 4. The van der Waals surface area contributed by atoms with Gasteiger partial charge in [0.1, 0.15) is 22.8 Å². The van der Waals surface area contributed by atoms with Crippen molar-refractivity contribution in [2.45, 2.75) is 0 Å². The van der Waals surface area contributed by atoms with Crippen molar-refractivity contribution in [1.82, 2.24) is 9.97 Å². The third kappa shape index (κ3) is 2.54. The van der Waals surface area contributed by atoms with Gasteiger partial charge in [0.05, 0.1) is 0 Å². The predicted molar refractivity (Wildman–Crippen MR) is 83.7 cm³/mol. The monoisotopic (exact) mass is 288 g/mol. The Balaban J connectivity index is 2.24. The van der Waals surface area contributed by atoms with Crippen molar-refractivity contribution < 1.29 is 9.59 Å². The van der Waals surface area contributed by atoms with Gasteiger partial charge < -0.3 is 0 Å². The Hall–Kier alpha value is -3.14. The van der Waals surface area contributed by atoms with E-state index in [2.05, 4.69) is 9.97 Å². The molecule has 4 heteroatoms. The van der Waals surface area contributed by atoms with Gasteiger partial charge in [0.2, 0.25) is 0 Å². The van der Waals surface area contributed by atoms with Crippen molar-refractivity contribution in [3.63, 3.8) is 0 Å². The van der Waals surface area contributed by atoms with E-state index >= 15 is 0 Å². The third-order valence-corrected chi connectivity index (χ3v) is 3.27. The van der Waals surface area contributed by atoms with E-state index in [1.165, 1.54) is 0 Å². The van der Waals surface area contributed by atoms with Crippen LogP contribution in [0.15, 0.2) is 60.7 Å². The van der Waals surface area contributed by atoms with Crippen LogP contribution < -0.4 is 0 Å². The largest absolute Gasteiger partial charge is 0.296 e. The highest BCUT2D eigenvalue weighted by Gasteiger charge is 2.15. The maximum Gasteiger partial charge on any atom is 0.170 e. The van der Waals surface area contributed by atoms with Crippen molar-refractivity contribution in [2.75, 3.05) is 0 Å². The summed E-state index contributed by atoms with van der Waals surface area (Å²) in [6, 6.07) is 18.4. The van der Waals surface area contributed by atoms with Crippen LogP contribution in [0.4, 0.5) is 0 Å². The van der Waals surface area contributed by atoms with E-state index in [1.807, 2.05) is 60.7 Å². The minimum atomic E-state index is 0.218. The Morgan fingerprint density at radius 1 is 0.591 bits per heavy atom. The molecule has 106 valence electrons. The fraction of sp³-hybridized carbons (Fsp3) is 0. The highest BCUT2D eigenvalue weighted by Crippen LogP contribution is 2.25. The van der Waals surface area contributed by atoms with Gasteiger partial charge in [-0.15, -0.1) is 0 Å². The number of nitrogens with zero attached hydrogens (tertiary/aromatic N) is 2. The van der Waals surface area contributed by atoms with Crippen LogP contribution in [0.1, 0.15) is 21.0 Å². The van der Waals surface area contributed by atoms with Crippen molar-refractivity contribution in [3.05, 3.63) is 72.1 Å². The molecule has 0 aliphatic rings. The summed E-state index contributed by atoms with van der Waals surface area (Å²) < 4.78 is 0. The molecule has 0 atom stereocenters. The number of rotatable bonds is 4. The molecule has 0 bridgehead atoms. The van der Waals surface area contributed by atoms with E-state index in [1.54, 1.807) is 0 Å². The lowest BCUT2D eigenvalue weighted by atomic mass is 10.1. The highest BCUT2D eigenvalue weighted by molar-refractivity contribution is 5.89. The van der Waals surface area contributed by atoms with Crippen LogP contribution >= 0.6 is 0 Å². The Morgan fingerprint density at radius 2 is 0.955 bits per heavy atom. The van der Waals surface area contributed by atoms with Gasteiger partial charge in [-0.1, -0.05) is 60.7 Å². The Morgan fingerprint density at radius 3 is 1.27 bits per heavy atom. The van der Waals surface area contributed by atoms with Crippen LogP contribution in [0.5, 0.6) is 0 Å². The van der Waals surface area contributed by atoms with Gasteiger partial charge in [-0.3, -0.25) is 9.59 Å². The van der Waals surface area contributed by atoms with Gasteiger partial charge in [0.15, 0.2) is 12.6 Å². The summed E-state index contributed by atoms with van der Waals surface area (Å²) in [5.74, 6) is 0. The van der Waals surface area contributed by atoms with Crippen molar-refractivity contribution >= 4 is 12.6 Å². The van der Waals surface area contributed by atoms with E-state index in [-0.39, 0.29) is 11.4 Å². The molecule has 3 rings (SSSR count). The molecule has 2 aromatic carbocycles. The molecular weight excluding hydrogens is 276 g/mol. The molecule has 0 amide bonds. The van der Waals surface area contributed by atoms with E-state index in [4.69, 9.17) is 0 Å². The number of benzene rings is 2. The maximum atomic E-state index is 11.4. The van der Waals surface area contributed by atoms with E-state index < -0.39 is 0 Å². The van der Waals surface area contributed by atoms with Gasteiger partial charge in [-0.2, -0.15) is 0 Å². The molecule has 0 saturated carbocycles. The SMILES string of the molecule is O=Cc1nc(-c2ccccc2)c(C=O)nc1-c1ccccc1. The maximum absolute atomic E-state index is 11.4. The van der Waals surface area contributed by atoms with Crippen LogP contribution in [0.3, 0.4) is 0 Å². The van der Waals surface area contributed by atoms with Crippen molar-refractivity contribution in [2.24, 2.45) is 0 Å². The number of aromatic nitrogens is 2. The standard InChI is InChI=1S/C18H12N2O2/c21-11-15-17(13-7-3-1-4-8-13)19-16(12-22)18(20-15)14-9-5-2-6-10-14/h1-12H. The minimum Gasteiger partial charge on any atom is -0.296 e. The van der Waals surface area contributed by atoms with Crippen LogP contribution in [-0.4, -0.2) is 22.5 Å². The molecular formula is C18H12N2O2. The zero-order chi connectivity index (χ0) is 15.4. The lowest BCUT2D eigenvalue weighted by Crippen LogP contribution is -2.04. The quantitative estimate of drug-likeness (QED) is 0.690. The second-order valence-corrected chi connectivity index (χ2v) is 4.66. The summed E-state index contributed by atoms with van der Waals surface area (Å²) in [6.07, 6.45) is 1.33. The second kappa shape index (κ2) is 6.10. The first-order valence-corrected chi connectivity index (χ1v) is 6.76. The summed E-state index contributed by atoms with van der Waals surface area (Å²) in [5.41, 5.74) is 2.76. The molecule has 0 spiro atoms. The predicted octanol–water partition coefficient (Wildman–Crippen LogP) is 3.44. The fourth-order valence-corrected chi connectivity index (χ4v) is 2.24. The number of hydrogen-bond donors (Lipinski definition) is 0. The van der Waals surface area contributed by atoms with Gasteiger partial charge in [-0.25, -0.2) is 9.97 Å². The summed E-state index contributed by atoms with van der Waals surface area (Å²) >= 11 is 0. The lowest BCUT2D eigenvalue weighted by Gasteiger charge is -2.09. The lowest BCUT2D eigenvalue weighted by molar-refractivity contribution is 0.110. The van der Waals surface area contributed by atoms with E-state index in [0.717, 1.165) is 11.1 Å². The number of carbonyl (C=O) groups excluding carboxylic acids is 2. The highest BCUT2D eigenvalue weighted by atomic mass is 16.1. The first-order valence-electron chi connectivity index (χ1n) is 6.76. The molecule has 0 aliphatic carbocycles. The Kier molecular flexibility index (Phi) is 3.83. The van der Waals surface area contributed by atoms with Gasteiger partial charge in [-0.05, 0) is 0 Å². The molecule has 0 fully saturated rings. The molecule has 22 heavy (non-hydrogen) atoms. The molecule has 0 saturated heterocycles. The first kappa shape index (κ1) is 13.8. The topological polar surface area (TPSA) is 59.9 Å². The van der Waals surface area contributed by atoms with Crippen molar-refractivity contribution in [3.8, 4) is 22.5 Å². The van der Waals surface area contributed by atoms with Crippen LogP contribution in [-0.2, 0) is 0 Å². The first-order chi connectivity index (χ1) is 10.8. The van der Waals surface area contributed by atoms with E-state index in [9.17, 15) is 9.59 Å². The molecule has 0 N–H and O–H groups in total. The van der Waals surface area contributed by atoms with Crippen LogP contribution in [0.25, 0.3) is 22.5 Å². The molecule has 0 radical (unpaired) electrons. The summed E-state index contributed by atoms with van der Waals surface area (Å²) in [4.78, 5) is 31.5. The zero-order valence-electron chi connectivity index (χ0n) is 11.6. The number of aldehydes is 2. The molecule has 3 aromatic rings. The van der Waals surface area contributed by atoms with Gasteiger partial charge in [0.25, 0.3) is 0 Å². The van der Waals surface area contributed by atoms with Crippen LogP contribution in [0, 0.1) is 0 Å². The number of carbonyl (C=O) groups is 2. The van der Waals surface area contributed by atoms with Crippen LogP contribution in [0.2, 0.25) is 0 Å². The summed E-state index contributed by atoms with van der Waals surface area (Å²) in [7, 11) is 0. The fourth-order valence-electron chi connectivity index (χ4n) is 2.24. The smallest absolute Gasteiger partial charge is 0.170 e. The average molecular weight is 288 g/mol.